The Labute approximate surface area is 157 Å². The van der Waals surface area contributed by atoms with E-state index >= 15 is 0 Å². The first-order valence-electron chi connectivity index (χ1n) is 7.25. The fourth-order valence-corrected chi connectivity index (χ4v) is 2.53. The Morgan fingerprint density at radius 1 is 0.731 bits per heavy atom. The lowest BCUT2D eigenvalue weighted by molar-refractivity contribution is -0.114. The van der Waals surface area contributed by atoms with Gasteiger partial charge in [0.15, 0.2) is 0 Å². The van der Waals surface area contributed by atoms with Crippen LogP contribution >= 0.6 is 12.4 Å². The molecule has 0 aliphatic rings. The molecule has 2 aromatic carbocycles. The van der Waals surface area contributed by atoms with Gasteiger partial charge in [0, 0.05) is 29.7 Å². The van der Waals surface area contributed by atoms with E-state index in [-0.39, 0.29) is 18.3 Å². The predicted octanol–water partition coefficient (Wildman–Crippen LogP) is 3.08. The molecule has 2 rings (SSSR count). The SMILES string of the molecule is CC(=O)Nc1ccc(NC(=O)Nc2ccc(NS(C)(=O)=O)cc2)cc1.Cl. The first kappa shape index (κ1) is 21.3. The third-order valence-corrected chi connectivity index (χ3v) is 3.52. The summed E-state index contributed by atoms with van der Waals surface area (Å²) < 4.78 is 24.6. The molecule has 4 N–H and O–H groups in total. The van der Waals surface area contributed by atoms with Crippen LogP contribution in [-0.4, -0.2) is 26.6 Å². The van der Waals surface area contributed by atoms with E-state index in [0.29, 0.717) is 22.7 Å². The number of hydrogen-bond donors (Lipinski definition) is 4. The zero-order valence-corrected chi connectivity index (χ0v) is 15.7. The van der Waals surface area contributed by atoms with Crippen molar-refractivity contribution in [3.05, 3.63) is 48.5 Å². The third kappa shape index (κ3) is 7.41. The maximum absolute atomic E-state index is 12.0. The van der Waals surface area contributed by atoms with E-state index in [4.69, 9.17) is 0 Å². The van der Waals surface area contributed by atoms with E-state index in [0.717, 1.165) is 6.26 Å². The van der Waals surface area contributed by atoms with Gasteiger partial charge in [-0.25, -0.2) is 13.2 Å². The molecule has 140 valence electrons. The predicted molar refractivity (Wildman–Crippen MR) is 106 cm³/mol. The summed E-state index contributed by atoms with van der Waals surface area (Å²) in [4.78, 5) is 22.9. The van der Waals surface area contributed by atoms with Gasteiger partial charge in [0.25, 0.3) is 0 Å². The number of carbonyl (C=O) groups is 2. The van der Waals surface area contributed by atoms with Crippen molar-refractivity contribution in [2.24, 2.45) is 0 Å². The molecular weight excluding hydrogens is 380 g/mol. The van der Waals surface area contributed by atoms with Crippen molar-refractivity contribution in [3.8, 4) is 0 Å². The van der Waals surface area contributed by atoms with Gasteiger partial charge in [-0.1, -0.05) is 0 Å². The minimum atomic E-state index is -3.34. The van der Waals surface area contributed by atoms with Crippen LogP contribution in [0.25, 0.3) is 0 Å². The second-order valence-corrected chi connectivity index (χ2v) is 7.04. The highest BCUT2D eigenvalue weighted by molar-refractivity contribution is 7.92. The summed E-state index contributed by atoms with van der Waals surface area (Å²) in [7, 11) is -3.34. The van der Waals surface area contributed by atoms with E-state index in [1.807, 2.05) is 0 Å². The van der Waals surface area contributed by atoms with Crippen LogP contribution in [0.4, 0.5) is 27.5 Å². The summed E-state index contributed by atoms with van der Waals surface area (Å²) in [5.74, 6) is -0.174. The van der Waals surface area contributed by atoms with Gasteiger partial charge in [-0.3, -0.25) is 9.52 Å². The molecule has 0 aliphatic carbocycles. The Hall–Kier alpha value is -2.78. The van der Waals surface area contributed by atoms with Gasteiger partial charge in [-0.2, -0.15) is 0 Å². The molecule has 3 amide bonds. The van der Waals surface area contributed by atoms with Crippen LogP contribution in [0.2, 0.25) is 0 Å². The van der Waals surface area contributed by atoms with Gasteiger partial charge >= 0.3 is 6.03 Å². The Morgan fingerprint density at radius 3 is 1.42 bits per heavy atom. The second-order valence-electron chi connectivity index (χ2n) is 5.29. The summed E-state index contributed by atoms with van der Waals surface area (Å²) in [5.41, 5.74) is 2.10. The van der Waals surface area contributed by atoms with Crippen LogP contribution < -0.4 is 20.7 Å². The quantitative estimate of drug-likeness (QED) is 0.619. The second kappa shape index (κ2) is 9.07. The van der Waals surface area contributed by atoms with Crippen molar-refractivity contribution in [1.29, 1.82) is 0 Å². The number of benzene rings is 2. The van der Waals surface area contributed by atoms with E-state index in [9.17, 15) is 18.0 Å². The van der Waals surface area contributed by atoms with E-state index < -0.39 is 16.1 Å². The lowest BCUT2D eigenvalue weighted by Gasteiger charge is -2.09. The number of nitrogens with one attached hydrogen (secondary N) is 4. The van der Waals surface area contributed by atoms with Gasteiger partial charge in [-0.05, 0) is 48.5 Å². The molecule has 0 bridgehead atoms. The first-order chi connectivity index (χ1) is 11.7. The number of halogens is 1. The molecule has 0 unspecified atom stereocenters. The van der Waals surface area contributed by atoms with E-state index in [2.05, 4.69) is 20.7 Å². The Balaban J connectivity index is 0.00000338. The summed E-state index contributed by atoms with van der Waals surface area (Å²) >= 11 is 0. The van der Waals surface area contributed by atoms with Crippen molar-refractivity contribution < 1.29 is 18.0 Å². The molecular formula is C16H19ClN4O4S. The Bertz CT molecular complexity index is 868. The molecule has 26 heavy (non-hydrogen) atoms. The van der Waals surface area contributed by atoms with Gasteiger partial charge in [0.2, 0.25) is 15.9 Å². The lowest BCUT2D eigenvalue weighted by atomic mass is 10.2. The third-order valence-electron chi connectivity index (χ3n) is 2.91. The van der Waals surface area contributed by atoms with Gasteiger partial charge in [0.05, 0.1) is 6.26 Å². The van der Waals surface area contributed by atoms with Crippen molar-refractivity contribution in [1.82, 2.24) is 0 Å². The van der Waals surface area contributed by atoms with Crippen LogP contribution in [0.15, 0.2) is 48.5 Å². The molecule has 0 atom stereocenters. The van der Waals surface area contributed by atoms with E-state index in [1.165, 1.54) is 6.92 Å². The van der Waals surface area contributed by atoms with Crippen molar-refractivity contribution in [2.45, 2.75) is 6.92 Å². The molecule has 0 aromatic heterocycles. The smallest absolute Gasteiger partial charge is 0.323 e. The molecule has 0 saturated carbocycles. The number of rotatable bonds is 5. The fourth-order valence-electron chi connectivity index (χ4n) is 1.97. The highest BCUT2D eigenvalue weighted by Gasteiger charge is 2.05. The van der Waals surface area contributed by atoms with E-state index in [1.54, 1.807) is 48.5 Å². The summed E-state index contributed by atoms with van der Waals surface area (Å²) in [6.07, 6.45) is 1.06. The number of amides is 3. The Morgan fingerprint density at radius 2 is 1.08 bits per heavy atom. The van der Waals surface area contributed by atoms with Gasteiger partial charge in [0.1, 0.15) is 0 Å². The highest BCUT2D eigenvalue weighted by Crippen LogP contribution is 2.16. The lowest BCUT2D eigenvalue weighted by Crippen LogP contribution is -2.19. The Kier molecular flexibility index (Phi) is 7.41. The molecule has 2 aromatic rings. The molecule has 0 heterocycles. The zero-order valence-electron chi connectivity index (χ0n) is 14.1. The van der Waals surface area contributed by atoms with Crippen LogP contribution in [0, 0.1) is 0 Å². The van der Waals surface area contributed by atoms with Crippen LogP contribution in [0.3, 0.4) is 0 Å². The first-order valence-corrected chi connectivity index (χ1v) is 9.14. The summed E-state index contributed by atoms with van der Waals surface area (Å²) in [6.45, 7) is 1.41. The number of hydrogen-bond acceptors (Lipinski definition) is 4. The van der Waals surface area contributed by atoms with Crippen LogP contribution in [-0.2, 0) is 14.8 Å². The molecule has 0 fully saturated rings. The normalized spacial score (nSPS) is 10.2. The maximum atomic E-state index is 12.0. The molecule has 0 saturated heterocycles. The summed E-state index contributed by atoms with van der Waals surface area (Å²) in [5, 5.41) is 7.91. The number of urea groups is 1. The molecule has 0 radical (unpaired) electrons. The topological polar surface area (TPSA) is 116 Å². The maximum Gasteiger partial charge on any atom is 0.323 e. The largest absolute Gasteiger partial charge is 0.326 e. The molecule has 0 aliphatic heterocycles. The number of anilines is 4. The highest BCUT2D eigenvalue weighted by atomic mass is 35.5. The van der Waals surface area contributed by atoms with Gasteiger partial charge in [-0.15, -0.1) is 12.4 Å². The minimum Gasteiger partial charge on any atom is -0.326 e. The fraction of sp³-hybridized carbons (Fsp3) is 0.125. The van der Waals surface area contributed by atoms with Crippen molar-refractivity contribution >= 4 is 57.1 Å². The average Bonchev–Trinajstić information content (AvgIpc) is 2.49. The van der Waals surface area contributed by atoms with Crippen LogP contribution in [0.1, 0.15) is 6.92 Å². The standard InChI is InChI=1S/C16H18N4O4S.ClH/c1-11(21)17-12-3-5-13(6-4-12)18-16(22)19-14-7-9-15(10-8-14)20-25(2,23)24;/h3-10,20H,1-2H3,(H,17,21)(H2,18,19,22);1H. The summed E-state index contributed by atoms with van der Waals surface area (Å²) in [6, 6.07) is 12.4. The molecule has 8 nitrogen and oxygen atoms in total. The minimum absolute atomic E-state index is 0. The molecule has 10 heteroatoms. The number of carbonyl (C=O) groups excluding carboxylic acids is 2. The zero-order chi connectivity index (χ0) is 18.4. The van der Waals surface area contributed by atoms with Gasteiger partial charge < -0.3 is 16.0 Å². The monoisotopic (exact) mass is 398 g/mol. The number of sulfonamides is 1. The molecule has 0 spiro atoms. The average molecular weight is 399 g/mol. The van der Waals surface area contributed by atoms with Crippen molar-refractivity contribution in [2.75, 3.05) is 26.9 Å². The van der Waals surface area contributed by atoms with Crippen molar-refractivity contribution in [3.63, 3.8) is 0 Å². The van der Waals surface area contributed by atoms with Crippen LogP contribution in [0.5, 0.6) is 0 Å².